The van der Waals surface area contributed by atoms with Gasteiger partial charge in [0.1, 0.15) is 11.5 Å². The van der Waals surface area contributed by atoms with Crippen LogP contribution < -0.4 is 9.47 Å². The standard InChI is InChI=1S/C36H38Br2N2O2/c1-3-5-7-9-19-41-35-23-30(22-32(26-40)28-13-17-34(38)18-14-28)36(42-20-10-8-6-4-2)24-29(35)21-31(25-39)27-11-15-33(37)16-12-27/h11-18,21-24H,3-10,19-20H2,1-2H3/b31-21-,32-22-. The highest BCUT2D eigenvalue weighted by Gasteiger charge is 2.14. The Bertz CT molecular complexity index is 1320. The molecule has 218 valence electrons. The average molecular weight is 691 g/mol. The molecule has 0 aliphatic heterocycles. The van der Waals surface area contributed by atoms with Crippen LogP contribution in [0, 0.1) is 22.7 Å². The summed E-state index contributed by atoms with van der Waals surface area (Å²) in [5.74, 6) is 1.32. The van der Waals surface area contributed by atoms with E-state index in [9.17, 15) is 10.5 Å². The van der Waals surface area contributed by atoms with Crippen LogP contribution in [0.15, 0.2) is 69.6 Å². The van der Waals surface area contributed by atoms with E-state index in [-0.39, 0.29) is 0 Å². The largest absolute Gasteiger partial charge is 0.493 e. The van der Waals surface area contributed by atoms with Gasteiger partial charge in [0.25, 0.3) is 0 Å². The summed E-state index contributed by atoms with van der Waals surface area (Å²) in [4.78, 5) is 0. The molecule has 0 aliphatic rings. The lowest BCUT2D eigenvalue weighted by Gasteiger charge is -2.16. The molecule has 0 atom stereocenters. The van der Waals surface area contributed by atoms with Gasteiger partial charge in [0.05, 0.1) is 36.5 Å². The molecule has 3 aromatic carbocycles. The van der Waals surface area contributed by atoms with E-state index in [4.69, 9.17) is 9.47 Å². The van der Waals surface area contributed by atoms with Gasteiger partial charge in [-0.1, -0.05) is 108 Å². The highest BCUT2D eigenvalue weighted by atomic mass is 79.9. The van der Waals surface area contributed by atoms with Gasteiger partial charge < -0.3 is 9.47 Å². The topological polar surface area (TPSA) is 66.0 Å². The second-order valence-electron chi connectivity index (χ2n) is 10.1. The third-order valence-corrected chi connectivity index (χ3v) is 7.86. The van der Waals surface area contributed by atoms with Crippen molar-refractivity contribution in [2.75, 3.05) is 13.2 Å². The maximum absolute atomic E-state index is 10.1. The molecule has 0 aliphatic carbocycles. The number of nitrogens with zero attached hydrogens (tertiary/aromatic N) is 2. The lowest BCUT2D eigenvalue weighted by atomic mass is 9.99. The number of hydrogen-bond donors (Lipinski definition) is 0. The summed E-state index contributed by atoms with van der Waals surface area (Å²) < 4.78 is 14.6. The second kappa shape index (κ2) is 18.3. The molecule has 0 amide bonds. The van der Waals surface area contributed by atoms with Crippen molar-refractivity contribution in [3.63, 3.8) is 0 Å². The third kappa shape index (κ3) is 10.5. The molecule has 0 saturated heterocycles. The first kappa shape index (κ1) is 33.2. The van der Waals surface area contributed by atoms with Gasteiger partial charge in [-0.15, -0.1) is 0 Å². The van der Waals surface area contributed by atoms with E-state index >= 15 is 0 Å². The van der Waals surface area contributed by atoms with Gasteiger partial charge in [0.15, 0.2) is 0 Å². The molecule has 0 bridgehead atoms. The second-order valence-corrected chi connectivity index (χ2v) is 11.9. The maximum Gasteiger partial charge on any atom is 0.127 e. The molecule has 0 spiro atoms. The number of ether oxygens (including phenoxy) is 2. The lowest BCUT2D eigenvalue weighted by molar-refractivity contribution is 0.296. The molecule has 0 saturated carbocycles. The SMILES string of the molecule is CCCCCCOc1cc(/C=C(/C#N)c2ccc(Br)cc2)c(OCCCCCC)cc1/C=C(/C#N)c1ccc(Br)cc1. The summed E-state index contributed by atoms with van der Waals surface area (Å²) >= 11 is 6.95. The number of allylic oxidation sites excluding steroid dienone is 2. The Hall–Kier alpha value is -3.32. The number of benzene rings is 3. The van der Waals surface area contributed by atoms with E-state index in [1.165, 1.54) is 0 Å². The molecule has 42 heavy (non-hydrogen) atoms. The predicted octanol–water partition coefficient (Wildman–Crippen LogP) is 11.3. The fourth-order valence-corrected chi connectivity index (χ4v) is 4.95. The quantitative estimate of drug-likeness (QED) is 0.0853. The van der Waals surface area contributed by atoms with Gasteiger partial charge in [-0.25, -0.2) is 0 Å². The molecule has 4 nitrogen and oxygen atoms in total. The Labute approximate surface area is 267 Å². The number of hydrogen-bond acceptors (Lipinski definition) is 4. The number of halogens is 2. The third-order valence-electron chi connectivity index (χ3n) is 6.80. The molecular formula is C36H38Br2N2O2. The monoisotopic (exact) mass is 688 g/mol. The first-order chi connectivity index (χ1) is 20.5. The molecule has 0 radical (unpaired) electrons. The van der Waals surface area contributed by atoms with Crippen LogP contribution in [0.1, 0.15) is 87.5 Å². The highest BCUT2D eigenvalue weighted by Crippen LogP contribution is 2.35. The zero-order valence-electron chi connectivity index (χ0n) is 24.5. The van der Waals surface area contributed by atoms with Crippen LogP contribution in [-0.2, 0) is 0 Å². The number of unbranched alkanes of at least 4 members (excludes halogenated alkanes) is 6. The first-order valence-electron chi connectivity index (χ1n) is 14.7. The van der Waals surface area contributed by atoms with Crippen molar-refractivity contribution in [2.24, 2.45) is 0 Å². The fraction of sp³-hybridized carbons (Fsp3) is 0.333. The Balaban J connectivity index is 2.11. The first-order valence-corrected chi connectivity index (χ1v) is 16.3. The van der Waals surface area contributed by atoms with E-state index in [1.807, 2.05) is 72.8 Å². The summed E-state index contributed by atoms with van der Waals surface area (Å²) in [5.41, 5.74) is 4.25. The summed E-state index contributed by atoms with van der Waals surface area (Å²) in [6.45, 7) is 5.51. The summed E-state index contributed by atoms with van der Waals surface area (Å²) in [6.07, 6.45) is 12.4. The molecule has 0 heterocycles. The number of rotatable bonds is 16. The van der Waals surface area contributed by atoms with Gasteiger partial charge in [-0.05, 0) is 72.5 Å². The van der Waals surface area contributed by atoms with Crippen LogP contribution in [0.2, 0.25) is 0 Å². The van der Waals surface area contributed by atoms with E-state index in [0.29, 0.717) is 35.9 Å². The summed E-state index contributed by atoms with van der Waals surface area (Å²) in [6, 6.07) is 24.0. The summed E-state index contributed by atoms with van der Waals surface area (Å²) in [7, 11) is 0. The van der Waals surface area contributed by atoms with Crippen molar-refractivity contribution in [1.82, 2.24) is 0 Å². The lowest BCUT2D eigenvalue weighted by Crippen LogP contribution is -2.03. The van der Waals surface area contributed by atoms with Crippen molar-refractivity contribution >= 4 is 55.2 Å². The Morgan fingerprint density at radius 2 is 1.00 bits per heavy atom. The zero-order valence-corrected chi connectivity index (χ0v) is 27.6. The van der Waals surface area contributed by atoms with E-state index in [0.717, 1.165) is 82.6 Å². The molecule has 0 aromatic heterocycles. The normalized spacial score (nSPS) is 11.6. The zero-order chi connectivity index (χ0) is 30.2. The van der Waals surface area contributed by atoms with Crippen LogP contribution >= 0.6 is 31.9 Å². The molecule has 6 heteroatoms. The van der Waals surface area contributed by atoms with Crippen LogP contribution in [0.5, 0.6) is 11.5 Å². The molecule has 3 rings (SSSR count). The molecular weight excluding hydrogens is 652 g/mol. The summed E-state index contributed by atoms with van der Waals surface area (Å²) in [5, 5.41) is 20.1. The number of nitriles is 2. The molecule has 0 N–H and O–H groups in total. The van der Waals surface area contributed by atoms with Crippen LogP contribution in [-0.4, -0.2) is 13.2 Å². The van der Waals surface area contributed by atoms with Crippen LogP contribution in [0.25, 0.3) is 23.3 Å². The van der Waals surface area contributed by atoms with Crippen molar-refractivity contribution in [3.05, 3.63) is 91.9 Å². The smallest absolute Gasteiger partial charge is 0.127 e. The van der Waals surface area contributed by atoms with Crippen molar-refractivity contribution < 1.29 is 9.47 Å². The minimum Gasteiger partial charge on any atom is -0.493 e. The molecule has 0 fully saturated rings. The Morgan fingerprint density at radius 1 is 0.619 bits per heavy atom. The highest BCUT2D eigenvalue weighted by molar-refractivity contribution is 9.10. The fourth-order valence-electron chi connectivity index (χ4n) is 4.42. The maximum atomic E-state index is 10.1. The minimum atomic E-state index is 0.531. The van der Waals surface area contributed by atoms with Gasteiger partial charge in [-0.2, -0.15) is 10.5 Å². The van der Waals surface area contributed by atoms with E-state index in [1.54, 1.807) is 0 Å². The van der Waals surface area contributed by atoms with Gasteiger partial charge in [0.2, 0.25) is 0 Å². The van der Waals surface area contributed by atoms with Crippen LogP contribution in [0.4, 0.5) is 0 Å². The van der Waals surface area contributed by atoms with Crippen molar-refractivity contribution in [2.45, 2.75) is 65.2 Å². The minimum absolute atomic E-state index is 0.531. The molecule has 0 unspecified atom stereocenters. The Kier molecular flexibility index (Phi) is 14.4. The van der Waals surface area contributed by atoms with Gasteiger partial charge in [-0.3, -0.25) is 0 Å². The van der Waals surface area contributed by atoms with Gasteiger partial charge >= 0.3 is 0 Å². The average Bonchev–Trinajstić information content (AvgIpc) is 3.00. The van der Waals surface area contributed by atoms with E-state index in [2.05, 4.69) is 57.8 Å². The van der Waals surface area contributed by atoms with Crippen molar-refractivity contribution in [1.29, 1.82) is 10.5 Å². The Morgan fingerprint density at radius 3 is 1.33 bits per heavy atom. The van der Waals surface area contributed by atoms with Crippen LogP contribution in [0.3, 0.4) is 0 Å². The predicted molar refractivity (Wildman–Crippen MR) is 181 cm³/mol. The van der Waals surface area contributed by atoms with Crippen molar-refractivity contribution in [3.8, 4) is 23.6 Å². The van der Waals surface area contributed by atoms with Gasteiger partial charge in [0, 0.05) is 20.1 Å². The van der Waals surface area contributed by atoms with E-state index < -0.39 is 0 Å². The molecule has 3 aromatic rings.